The summed E-state index contributed by atoms with van der Waals surface area (Å²) in [4.78, 5) is 37.3. The van der Waals surface area contributed by atoms with E-state index in [4.69, 9.17) is 80.8 Å². The lowest BCUT2D eigenvalue weighted by Gasteiger charge is -2.24. The van der Waals surface area contributed by atoms with Gasteiger partial charge in [-0.2, -0.15) is 0 Å². The molecule has 0 aliphatic carbocycles. The van der Waals surface area contributed by atoms with E-state index < -0.39 is 31.3 Å². The van der Waals surface area contributed by atoms with Crippen LogP contribution in [0.25, 0.3) is 0 Å². The number of imide groups is 1. The average Bonchev–Trinajstić information content (AvgIpc) is 3.02. The number of halogens is 6. The monoisotopic (exact) mass is 540 g/mol. The average molecular weight is 543 g/mol. The van der Waals surface area contributed by atoms with Gasteiger partial charge in [0, 0.05) is 18.9 Å². The molecule has 6 nitrogen and oxygen atoms in total. The number of ether oxygens (including phenoxy) is 1. The third-order valence-electron chi connectivity index (χ3n) is 3.64. The number of hydrogen-bond donors (Lipinski definition) is 1. The van der Waals surface area contributed by atoms with Crippen LogP contribution in [0.1, 0.15) is 39.0 Å². The van der Waals surface area contributed by atoms with E-state index in [2.05, 4.69) is 11.2 Å². The van der Waals surface area contributed by atoms with E-state index in [1.54, 1.807) is 0 Å². The van der Waals surface area contributed by atoms with Gasteiger partial charge in [-0.1, -0.05) is 76.5 Å². The molecule has 1 atom stereocenters. The minimum Gasteiger partial charge on any atom is -0.499 e. The maximum atomic E-state index is 12.6. The van der Waals surface area contributed by atoms with Crippen LogP contribution in [0.5, 0.6) is 0 Å². The topological polar surface area (TPSA) is 75.7 Å². The summed E-state index contributed by atoms with van der Waals surface area (Å²) in [6.07, 6.45) is 7.26. The van der Waals surface area contributed by atoms with Gasteiger partial charge >= 0.3 is 0 Å². The van der Waals surface area contributed by atoms with Crippen LogP contribution in [0, 0.1) is 12.3 Å². The molecule has 12 heteroatoms. The molecule has 170 valence electrons. The van der Waals surface area contributed by atoms with Crippen molar-refractivity contribution >= 4 is 87.3 Å². The molecule has 0 bridgehead atoms. The summed E-state index contributed by atoms with van der Waals surface area (Å²) in [5.74, 6) is 1.16. The number of alkyl halides is 6. The van der Waals surface area contributed by atoms with Gasteiger partial charge in [0.1, 0.15) is 11.8 Å². The van der Waals surface area contributed by atoms with E-state index in [1.165, 1.54) is 13.2 Å². The Kier molecular flexibility index (Phi) is 13.5. The first-order valence-electron chi connectivity index (χ1n) is 8.70. The van der Waals surface area contributed by atoms with Crippen molar-refractivity contribution in [3.05, 3.63) is 11.8 Å². The lowest BCUT2D eigenvalue weighted by molar-refractivity contribution is -0.143. The van der Waals surface area contributed by atoms with Gasteiger partial charge in [-0.25, -0.2) is 0 Å². The van der Waals surface area contributed by atoms with Crippen molar-refractivity contribution < 1.29 is 19.1 Å². The number of rotatable bonds is 7. The Morgan fingerprint density at radius 3 is 2.23 bits per heavy atom. The second-order valence-corrected chi connectivity index (χ2v) is 11.1. The SMILES string of the molecule is C#CCCC(=O)NC(CCC(Cl)(Cl)Cl)C(=O)N1CC(OC)=CC1=O.CCC(Cl)(Cl)Cl. The fraction of sp³-hybridized carbons (Fsp3) is 0.611. The fourth-order valence-corrected chi connectivity index (χ4v) is 2.34. The van der Waals surface area contributed by atoms with E-state index in [9.17, 15) is 14.4 Å². The van der Waals surface area contributed by atoms with Crippen LogP contribution >= 0.6 is 69.6 Å². The first kappa shape index (κ1) is 29.5. The molecule has 0 radical (unpaired) electrons. The van der Waals surface area contributed by atoms with Gasteiger partial charge in [-0.05, 0) is 19.3 Å². The van der Waals surface area contributed by atoms with E-state index in [0.717, 1.165) is 4.90 Å². The van der Waals surface area contributed by atoms with Crippen LogP contribution in [0.15, 0.2) is 11.8 Å². The van der Waals surface area contributed by atoms with Crippen molar-refractivity contribution in [2.45, 2.75) is 52.7 Å². The second-order valence-electron chi connectivity index (χ2n) is 6.02. The predicted molar refractivity (Wildman–Crippen MR) is 122 cm³/mol. The number of nitrogens with one attached hydrogen (secondary N) is 1. The van der Waals surface area contributed by atoms with Crippen molar-refractivity contribution in [1.29, 1.82) is 0 Å². The lowest BCUT2D eigenvalue weighted by atomic mass is 10.1. The van der Waals surface area contributed by atoms with E-state index in [-0.39, 0.29) is 32.2 Å². The van der Waals surface area contributed by atoms with Gasteiger partial charge in [-0.3, -0.25) is 19.3 Å². The van der Waals surface area contributed by atoms with Crippen molar-refractivity contribution in [2.75, 3.05) is 13.7 Å². The molecule has 0 fully saturated rings. The Morgan fingerprint density at radius 2 is 1.83 bits per heavy atom. The van der Waals surface area contributed by atoms with Gasteiger partial charge in [0.2, 0.25) is 5.91 Å². The van der Waals surface area contributed by atoms with E-state index in [0.29, 0.717) is 12.2 Å². The molecule has 0 aromatic carbocycles. The highest BCUT2D eigenvalue weighted by Gasteiger charge is 2.35. The molecule has 30 heavy (non-hydrogen) atoms. The maximum absolute atomic E-state index is 12.6. The number of hydrogen-bond acceptors (Lipinski definition) is 4. The highest BCUT2D eigenvalue weighted by Crippen LogP contribution is 2.32. The minimum absolute atomic E-state index is 0.00133. The van der Waals surface area contributed by atoms with Gasteiger partial charge in [-0.15, -0.1) is 12.3 Å². The molecular weight excluding hydrogens is 521 g/mol. The Bertz CT molecular complexity index is 680. The zero-order valence-corrected chi connectivity index (χ0v) is 20.9. The largest absolute Gasteiger partial charge is 0.499 e. The molecule has 3 amide bonds. The third kappa shape index (κ3) is 13.0. The quantitative estimate of drug-likeness (QED) is 0.374. The minimum atomic E-state index is -1.58. The van der Waals surface area contributed by atoms with Crippen molar-refractivity contribution in [1.82, 2.24) is 10.2 Å². The fourth-order valence-electron chi connectivity index (χ4n) is 2.01. The van der Waals surface area contributed by atoms with Gasteiger partial charge in [0.25, 0.3) is 11.8 Å². The molecule has 0 saturated heterocycles. The molecule has 0 saturated carbocycles. The highest BCUT2D eigenvalue weighted by atomic mass is 35.6. The number of nitrogens with zero attached hydrogens (tertiary/aromatic N) is 1. The van der Waals surface area contributed by atoms with E-state index in [1.807, 2.05) is 6.92 Å². The molecule has 1 unspecified atom stereocenters. The van der Waals surface area contributed by atoms with Crippen molar-refractivity contribution in [3.8, 4) is 12.3 Å². The standard InChI is InChI=1S/C15H17Cl3N2O4.C3H5Cl3/c1-3-4-5-12(21)19-11(6-7-15(16,17)18)14(23)20-9-10(24-2)8-13(20)22;1-2-3(4,5)6/h1,8,11H,4-7,9H2,2H3,(H,19,21);2H2,1H3. The van der Waals surface area contributed by atoms with Crippen LogP contribution in [0.3, 0.4) is 0 Å². The highest BCUT2D eigenvalue weighted by molar-refractivity contribution is 6.67. The van der Waals surface area contributed by atoms with Gasteiger partial charge in [0.05, 0.1) is 13.7 Å². The molecule has 0 spiro atoms. The molecule has 1 aliphatic heterocycles. The van der Waals surface area contributed by atoms with Crippen LogP contribution in [-0.2, 0) is 19.1 Å². The Balaban J connectivity index is 0.00000122. The summed E-state index contributed by atoms with van der Waals surface area (Å²) in [5.41, 5.74) is 0. The van der Waals surface area contributed by atoms with Crippen molar-refractivity contribution in [3.63, 3.8) is 0 Å². The summed E-state index contributed by atoms with van der Waals surface area (Å²) in [7, 11) is 1.40. The molecule has 0 aromatic rings. The molecule has 1 rings (SSSR count). The molecule has 0 aromatic heterocycles. The van der Waals surface area contributed by atoms with Crippen LogP contribution in [0.2, 0.25) is 0 Å². The molecule has 1 aliphatic rings. The summed E-state index contributed by atoms with van der Waals surface area (Å²) >= 11 is 32.9. The van der Waals surface area contributed by atoms with Crippen LogP contribution in [0.4, 0.5) is 0 Å². The summed E-state index contributed by atoms with van der Waals surface area (Å²) in [6, 6.07) is -1.00. The molecule has 1 N–H and O–H groups in total. The number of carbonyl (C=O) groups is 3. The second kappa shape index (κ2) is 13.8. The summed E-state index contributed by atoms with van der Waals surface area (Å²) in [6.45, 7) is 1.81. The van der Waals surface area contributed by atoms with Crippen molar-refractivity contribution in [2.24, 2.45) is 0 Å². The third-order valence-corrected chi connectivity index (χ3v) is 5.01. The maximum Gasteiger partial charge on any atom is 0.257 e. The first-order valence-corrected chi connectivity index (χ1v) is 11.0. The summed E-state index contributed by atoms with van der Waals surface area (Å²) in [5, 5.41) is 2.54. The predicted octanol–water partition coefficient (Wildman–Crippen LogP) is 4.70. The first-order chi connectivity index (χ1) is 13.7. The number of methoxy groups -OCH3 is 1. The Labute approximate surface area is 206 Å². The Morgan fingerprint density at radius 1 is 1.27 bits per heavy atom. The molecular formula is C18H22Cl6N2O4. The number of carbonyl (C=O) groups excluding carboxylic acids is 3. The smallest absolute Gasteiger partial charge is 0.257 e. The van der Waals surface area contributed by atoms with Gasteiger partial charge in [0.15, 0.2) is 7.59 Å². The summed E-state index contributed by atoms with van der Waals surface area (Å²) < 4.78 is 2.35. The zero-order chi connectivity index (χ0) is 23.5. The van der Waals surface area contributed by atoms with E-state index >= 15 is 0 Å². The van der Waals surface area contributed by atoms with Crippen LogP contribution < -0.4 is 5.32 Å². The lowest BCUT2D eigenvalue weighted by Crippen LogP contribution is -2.49. The number of terminal acetylenes is 1. The normalized spacial score (nSPS) is 14.8. The Hall–Kier alpha value is -0.550. The molecule has 1 heterocycles. The zero-order valence-electron chi connectivity index (χ0n) is 16.3. The van der Waals surface area contributed by atoms with Crippen LogP contribution in [-0.4, -0.2) is 49.9 Å². The van der Waals surface area contributed by atoms with Gasteiger partial charge < -0.3 is 10.1 Å². The number of amides is 3.